The van der Waals surface area contributed by atoms with Crippen LogP contribution in [0.4, 0.5) is 0 Å². The summed E-state index contributed by atoms with van der Waals surface area (Å²) >= 11 is 0. The molecular formula is C83H118BNO13. The molecule has 0 bridgehead atoms. The second-order valence-electron chi connectivity index (χ2n) is 25.3. The maximum absolute atomic E-state index is 11.9. The molecule has 0 aromatic heterocycles. The van der Waals surface area contributed by atoms with Crippen molar-refractivity contribution in [2.45, 2.75) is 214 Å². The maximum Gasteiger partial charge on any atom is 0.380 e. The van der Waals surface area contributed by atoms with Gasteiger partial charge in [0.05, 0.1) is 65.5 Å². The molecule has 0 aliphatic carbocycles. The molecule has 2 saturated heterocycles. The molecule has 0 saturated carbocycles. The Morgan fingerprint density at radius 2 is 0.949 bits per heavy atom. The predicted octanol–water partition coefficient (Wildman–Crippen LogP) is 19.4. The number of hydrogen-bond acceptors (Lipinski definition) is 13. The van der Waals surface area contributed by atoms with Gasteiger partial charge in [-0.15, -0.1) is 13.2 Å². The number of aryl methyl sites for hydroxylation is 3. The van der Waals surface area contributed by atoms with Gasteiger partial charge in [-0.3, -0.25) is 14.4 Å². The van der Waals surface area contributed by atoms with Gasteiger partial charge in [0, 0.05) is 18.9 Å². The van der Waals surface area contributed by atoms with Crippen molar-refractivity contribution in [1.29, 1.82) is 0 Å². The van der Waals surface area contributed by atoms with E-state index in [0.717, 1.165) is 120 Å². The van der Waals surface area contributed by atoms with Crippen LogP contribution in [0, 0.1) is 0 Å². The van der Waals surface area contributed by atoms with Crippen LogP contribution in [0.2, 0.25) is 6.82 Å². The van der Waals surface area contributed by atoms with Gasteiger partial charge in [0.1, 0.15) is 46.2 Å². The first-order chi connectivity index (χ1) is 47.1. The zero-order chi connectivity index (χ0) is 72.4. The number of carboxylic acid groups (broad SMARTS) is 1. The molecular weight excluding hydrogens is 1230 g/mol. The summed E-state index contributed by atoms with van der Waals surface area (Å²) in [6, 6.07) is 34.2. The Morgan fingerprint density at radius 1 is 0.571 bits per heavy atom. The zero-order valence-electron chi connectivity index (χ0n) is 62.1. The van der Waals surface area contributed by atoms with Crippen molar-refractivity contribution in [3.05, 3.63) is 184 Å². The number of rotatable bonds is 35. The molecule has 15 heteroatoms. The number of carboxylic acids is 1. The number of esters is 1. The number of unbranched alkanes of at least 4 members (excludes halogenated alkanes) is 6. The van der Waals surface area contributed by atoms with Crippen LogP contribution in [0.15, 0.2) is 140 Å². The zero-order valence-corrected chi connectivity index (χ0v) is 62.1. The maximum atomic E-state index is 11.9. The Bertz CT molecular complexity index is 3140. The summed E-state index contributed by atoms with van der Waals surface area (Å²) in [6.07, 6.45) is 29.8. The van der Waals surface area contributed by atoms with E-state index in [1.165, 1.54) is 98.6 Å². The fourth-order valence-corrected chi connectivity index (χ4v) is 11.8. The number of aliphatic hydroxyl groups is 1. The van der Waals surface area contributed by atoms with Crippen LogP contribution < -0.4 is 28.4 Å². The number of nitrogens with zero attached hydrogens (tertiary/aromatic N) is 1. The Balaban J connectivity index is 0.000000329. The summed E-state index contributed by atoms with van der Waals surface area (Å²) < 4.78 is 45.0. The number of methoxy groups -OCH3 is 6. The van der Waals surface area contributed by atoms with Crippen molar-refractivity contribution in [1.82, 2.24) is 4.81 Å². The lowest BCUT2D eigenvalue weighted by atomic mass is 9.79. The van der Waals surface area contributed by atoms with E-state index in [9.17, 15) is 19.5 Å². The Labute approximate surface area is 589 Å². The molecule has 536 valence electrons. The highest BCUT2D eigenvalue weighted by molar-refractivity contribution is 6.48. The molecule has 2 fully saturated rings. The highest BCUT2D eigenvalue weighted by Gasteiger charge is 2.56. The molecule has 98 heavy (non-hydrogen) atoms. The number of carbonyl (C=O) groups is 3. The van der Waals surface area contributed by atoms with Gasteiger partial charge in [0.25, 0.3) is 0 Å². The van der Waals surface area contributed by atoms with Gasteiger partial charge in [-0.2, -0.15) is 0 Å². The summed E-state index contributed by atoms with van der Waals surface area (Å²) in [6.45, 7) is 26.4. The van der Waals surface area contributed by atoms with Crippen LogP contribution >= 0.6 is 0 Å². The fourth-order valence-electron chi connectivity index (χ4n) is 11.8. The number of fused-ring (bicyclic) bond motifs is 1. The number of ether oxygens (including phenoxy) is 7. The van der Waals surface area contributed by atoms with Crippen LogP contribution in [0.25, 0.3) is 18.2 Å². The van der Waals surface area contributed by atoms with Crippen molar-refractivity contribution in [2.24, 2.45) is 0 Å². The molecule has 2 N–H and O–H groups in total. The predicted molar refractivity (Wildman–Crippen MR) is 404 cm³/mol. The molecule has 0 unspecified atom stereocenters. The number of allylic oxidation sites excluding steroid dienone is 3. The average Bonchev–Trinajstić information content (AvgIpc) is 1.56. The lowest BCUT2D eigenvalue weighted by Gasteiger charge is -2.36. The lowest BCUT2D eigenvalue weighted by molar-refractivity contribution is -0.146. The summed E-state index contributed by atoms with van der Waals surface area (Å²) in [5, 5.41) is 17.6. The monoisotopic (exact) mass is 1350 g/mol. The molecule has 3 atom stereocenters. The van der Waals surface area contributed by atoms with Crippen LogP contribution in [0.3, 0.4) is 0 Å². The SMILES string of the molecule is C=C(C)CCCC(=O)O.C=C(C)CCCC(=O)O[C@@H](C)/C=C/c1c(OC)cc(CCCCC)cc1OC.CB1OC(c2ccccc2)(c2ccccc2)[C@H]2CCCN12.CCCCCc1cc(OC)c(/C=C/C(C)=O)c(OC)c1.CCCCCc1cc(OC)c(/C=C/[C@H](C)O)c(OC)c1. The van der Waals surface area contributed by atoms with E-state index in [2.05, 4.69) is 130 Å². The van der Waals surface area contributed by atoms with Gasteiger partial charge in [-0.25, -0.2) is 0 Å². The summed E-state index contributed by atoms with van der Waals surface area (Å²) in [4.78, 5) is 35.5. The molecule has 0 radical (unpaired) electrons. The van der Waals surface area contributed by atoms with Crippen molar-refractivity contribution >= 4 is 43.0 Å². The smallest absolute Gasteiger partial charge is 0.380 e. The van der Waals surface area contributed by atoms with Gasteiger partial charge in [0.15, 0.2) is 5.78 Å². The van der Waals surface area contributed by atoms with E-state index < -0.39 is 12.1 Å². The van der Waals surface area contributed by atoms with Crippen molar-refractivity contribution < 1.29 is 62.4 Å². The number of carbonyl (C=O) groups excluding carboxylic acids is 2. The van der Waals surface area contributed by atoms with E-state index >= 15 is 0 Å². The molecule has 0 spiro atoms. The highest BCUT2D eigenvalue weighted by atomic mass is 16.5. The third kappa shape index (κ3) is 29.3. The van der Waals surface area contributed by atoms with Crippen LogP contribution in [0.1, 0.15) is 209 Å². The molecule has 7 rings (SSSR count). The second-order valence-corrected chi connectivity index (χ2v) is 25.3. The third-order valence-electron chi connectivity index (χ3n) is 16.9. The van der Waals surface area contributed by atoms with Gasteiger partial charge < -0.3 is 52.8 Å². The number of aliphatic hydroxyl groups excluding tert-OH is 1. The van der Waals surface area contributed by atoms with E-state index in [0.29, 0.717) is 18.9 Å². The van der Waals surface area contributed by atoms with Gasteiger partial charge >= 0.3 is 19.0 Å². The van der Waals surface area contributed by atoms with Gasteiger partial charge in [0.2, 0.25) is 0 Å². The molecule has 2 aliphatic rings. The van der Waals surface area contributed by atoms with Crippen molar-refractivity contribution in [3.8, 4) is 34.5 Å². The largest absolute Gasteiger partial charge is 0.496 e. The van der Waals surface area contributed by atoms with Crippen molar-refractivity contribution in [2.75, 3.05) is 49.2 Å². The molecule has 2 heterocycles. The average molecular weight is 1350 g/mol. The Morgan fingerprint density at radius 3 is 1.30 bits per heavy atom. The Hall–Kier alpha value is -7.85. The number of hydrogen-bond donors (Lipinski definition) is 2. The molecule has 5 aromatic rings. The highest BCUT2D eigenvalue weighted by Crippen LogP contribution is 2.49. The Kier molecular flexibility index (Phi) is 40.6. The number of aliphatic carboxylic acids is 1. The molecule has 0 amide bonds. The normalized spacial score (nSPS) is 14.2. The van der Waals surface area contributed by atoms with Crippen molar-refractivity contribution in [3.63, 3.8) is 0 Å². The standard InChI is InChI=1S/C24H36O4.C18H20BNO.C17H26O3.C17H24O3.C7H12O2/c1-7-8-9-12-20-16-22(26-5)21(23(17-20)27-6)15-14-19(4)28-24(25)13-10-11-18(2)3;1-19-20-14-8-13-17(20)18(21-19,15-9-4-2-5-10-15)16-11-6-3-7-12-16;2*1-5-6-7-8-14-11-16(19-3)15(10-9-13(2)18)17(12-14)20-4;1-6(2)4-3-5-7(8)9/h14-17,19H,2,7-13H2,1,3-6H3;2-7,9-12,17H,8,13-14H2,1H3;9-13,18H,5-8H2,1-4H3;9-12H,5-8H2,1-4H3;1,3-5H2,2H3,(H,8,9)/b15-14+;;2*10-9+;/t19-;17-;13-;;/m010../s1. The van der Waals surface area contributed by atoms with E-state index in [1.807, 2.05) is 51.1 Å². The minimum absolute atomic E-state index is 0.00104. The molecule has 14 nitrogen and oxygen atoms in total. The summed E-state index contributed by atoms with van der Waals surface area (Å²) in [5.74, 6) is 3.67. The third-order valence-corrected chi connectivity index (χ3v) is 16.9. The van der Waals surface area contributed by atoms with Crippen LogP contribution in [-0.2, 0) is 48.6 Å². The minimum Gasteiger partial charge on any atom is -0.496 e. The lowest BCUT2D eigenvalue weighted by Crippen LogP contribution is -2.41. The summed E-state index contributed by atoms with van der Waals surface area (Å²) in [5.41, 5.74) is 10.5. The first-order valence-electron chi connectivity index (χ1n) is 35.3. The number of ketones is 1. The van der Waals surface area contributed by atoms with Gasteiger partial charge in [-0.05, 0) is 220 Å². The summed E-state index contributed by atoms with van der Waals surface area (Å²) in [7, 11) is 10.1. The minimum atomic E-state index is -0.726. The number of benzene rings is 5. The molecule has 5 aromatic carbocycles. The fraction of sp³-hybridized carbons (Fsp3) is 0.482. The van der Waals surface area contributed by atoms with E-state index in [-0.39, 0.29) is 36.9 Å². The van der Waals surface area contributed by atoms with Gasteiger partial charge in [-0.1, -0.05) is 137 Å². The van der Waals surface area contributed by atoms with Crippen LogP contribution in [-0.4, -0.2) is 107 Å². The first-order valence-corrected chi connectivity index (χ1v) is 35.3. The van der Waals surface area contributed by atoms with Crippen LogP contribution in [0.5, 0.6) is 34.5 Å². The molecule has 2 aliphatic heterocycles. The quantitative estimate of drug-likeness (QED) is 0.0129. The topological polar surface area (TPSA) is 169 Å². The first kappa shape index (κ1) is 84.4. The van der Waals surface area contributed by atoms with E-state index in [1.54, 1.807) is 61.7 Å². The second kappa shape index (κ2) is 47.2. The van der Waals surface area contributed by atoms with E-state index in [4.69, 9.17) is 42.9 Å².